The number of hydrogen-bond donors (Lipinski definition) is 1. The van der Waals surface area contributed by atoms with Crippen molar-refractivity contribution in [1.82, 2.24) is 19.9 Å². The molecule has 0 spiro atoms. The first kappa shape index (κ1) is 20.7. The number of nitrogens with one attached hydrogen (secondary N) is 1. The molecule has 0 saturated carbocycles. The Morgan fingerprint density at radius 2 is 1.82 bits per heavy atom. The molecule has 34 heavy (non-hydrogen) atoms. The van der Waals surface area contributed by atoms with Gasteiger partial charge in [0.05, 0.1) is 10.9 Å². The maximum absolute atomic E-state index is 13.2. The zero-order chi connectivity index (χ0) is 23.2. The van der Waals surface area contributed by atoms with Gasteiger partial charge in [-0.05, 0) is 42.7 Å². The predicted octanol–water partition coefficient (Wildman–Crippen LogP) is 2.87. The van der Waals surface area contributed by atoms with Crippen molar-refractivity contribution in [2.75, 3.05) is 49.1 Å². The number of anilines is 2. The van der Waals surface area contributed by atoms with E-state index in [1.165, 1.54) is 0 Å². The van der Waals surface area contributed by atoms with Crippen molar-refractivity contribution < 1.29 is 9.21 Å². The maximum Gasteiger partial charge on any atom is 0.298 e. The minimum atomic E-state index is -0.151. The van der Waals surface area contributed by atoms with Gasteiger partial charge in [0.25, 0.3) is 17.5 Å². The number of amides is 1. The summed E-state index contributed by atoms with van der Waals surface area (Å²) in [6.07, 6.45) is 1.14. The molecule has 2 aromatic heterocycles. The molecular formula is C25H26N6O3. The molecule has 2 aliphatic heterocycles. The first-order valence-corrected chi connectivity index (χ1v) is 11.7. The maximum atomic E-state index is 13.2. The van der Waals surface area contributed by atoms with Crippen molar-refractivity contribution in [3.63, 3.8) is 0 Å². The van der Waals surface area contributed by atoms with Crippen molar-refractivity contribution in [2.45, 2.75) is 13.3 Å². The monoisotopic (exact) mass is 458 g/mol. The van der Waals surface area contributed by atoms with Crippen molar-refractivity contribution >= 4 is 39.9 Å². The van der Waals surface area contributed by atoms with Crippen molar-refractivity contribution in [3.8, 4) is 0 Å². The van der Waals surface area contributed by atoms with Crippen LogP contribution in [0.25, 0.3) is 22.0 Å². The number of oxazole rings is 1. The van der Waals surface area contributed by atoms with Crippen LogP contribution >= 0.6 is 0 Å². The second-order valence-electron chi connectivity index (χ2n) is 9.20. The van der Waals surface area contributed by atoms with Crippen molar-refractivity contribution in [3.05, 3.63) is 58.4 Å². The van der Waals surface area contributed by atoms with Gasteiger partial charge in [0, 0.05) is 44.8 Å². The van der Waals surface area contributed by atoms with Gasteiger partial charge in [-0.15, -0.1) is 0 Å². The van der Waals surface area contributed by atoms with Gasteiger partial charge in [-0.2, -0.15) is 4.98 Å². The van der Waals surface area contributed by atoms with Crippen LogP contribution in [0.15, 0.2) is 51.7 Å². The highest BCUT2D eigenvalue weighted by atomic mass is 16.4. The summed E-state index contributed by atoms with van der Waals surface area (Å²) in [7, 11) is 0. The standard InChI is InChI=1S/C25H26N6O3/c1-16-8-9-31(15-16)25-27-20-7-6-17(14-21(20)34-25)23(33)29-10-12-30(13-11-29)24-26-19-5-3-2-4-18(19)22(32)28-24/h2-7,14,16H,8-13,15H2,1H3,(H,26,28,32). The molecule has 0 bridgehead atoms. The first-order valence-electron chi connectivity index (χ1n) is 11.7. The molecule has 1 unspecified atom stereocenters. The summed E-state index contributed by atoms with van der Waals surface area (Å²) in [6, 6.07) is 13.4. The van der Waals surface area contributed by atoms with Crippen molar-refractivity contribution in [2.24, 2.45) is 5.92 Å². The third-order valence-electron chi connectivity index (χ3n) is 6.79. The van der Waals surface area contributed by atoms with Gasteiger partial charge in [0.15, 0.2) is 5.58 Å². The number of nitrogens with zero attached hydrogens (tertiary/aromatic N) is 5. The predicted molar refractivity (Wildman–Crippen MR) is 130 cm³/mol. The molecule has 2 saturated heterocycles. The van der Waals surface area contributed by atoms with Gasteiger partial charge < -0.3 is 19.1 Å². The lowest BCUT2D eigenvalue weighted by Crippen LogP contribution is -2.49. The van der Waals surface area contributed by atoms with Crippen LogP contribution in [0.4, 0.5) is 12.0 Å². The minimum Gasteiger partial charge on any atom is -0.423 e. The van der Waals surface area contributed by atoms with Crippen LogP contribution in [0, 0.1) is 5.92 Å². The van der Waals surface area contributed by atoms with Crippen LogP contribution in [0.5, 0.6) is 0 Å². The Morgan fingerprint density at radius 3 is 2.62 bits per heavy atom. The molecule has 2 aromatic carbocycles. The summed E-state index contributed by atoms with van der Waals surface area (Å²) in [6.45, 7) is 6.39. The summed E-state index contributed by atoms with van der Waals surface area (Å²) in [4.78, 5) is 43.7. The molecule has 9 heteroatoms. The molecule has 174 valence electrons. The number of hydrogen-bond acceptors (Lipinski definition) is 7. The lowest BCUT2D eigenvalue weighted by Gasteiger charge is -2.35. The number of benzene rings is 2. The third kappa shape index (κ3) is 3.67. The van der Waals surface area contributed by atoms with Crippen LogP contribution in [-0.2, 0) is 0 Å². The van der Waals surface area contributed by atoms with E-state index in [9.17, 15) is 9.59 Å². The fourth-order valence-corrected chi connectivity index (χ4v) is 4.82. The number of H-pyrrole nitrogens is 1. The van der Waals surface area contributed by atoms with Crippen LogP contribution in [0.2, 0.25) is 0 Å². The molecule has 1 amide bonds. The SMILES string of the molecule is CC1CCN(c2nc3ccc(C(=O)N4CCN(c5nc6ccccc6c(=O)[nH]5)CC4)cc3o2)C1. The molecule has 4 aromatic rings. The number of aromatic amines is 1. The zero-order valence-corrected chi connectivity index (χ0v) is 19.0. The quantitative estimate of drug-likeness (QED) is 0.504. The van der Waals surface area contributed by atoms with Gasteiger partial charge in [-0.3, -0.25) is 14.6 Å². The minimum absolute atomic E-state index is 0.0331. The van der Waals surface area contributed by atoms with E-state index in [1.807, 2.05) is 40.1 Å². The van der Waals surface area contributed by atoms with Gasteiger partial charge >= 0.3 is 0 Å². The number of fused-ring (bicyclic) bond motifs is 2. The second kappa shape index (κ2) is 8.16. The smallest absolute Gasteiger partial charge is 0.298 e. The summed E-state index contributed by atoms with van der Waals surface area (Å²) in [5, 5.41) is 0.574. The third-order valence-corrected chi connectivity index (χ3v) is 6.79. The fourth-order valence-electron chi connectivity index (χ4n) is 4.82. The average molecular weight is 459 g/mol. The Balaban J connectivity index is 1.16. The summed E-state index contributed by atoms with van der Waals surface area (Å²) in [5.74, 6) is 1.14. The van der Waals surface area contributed by atoms with Crippen LogP contribution < -0.4 is 15.4 Å². The molecule has 1 N–H and O–H groups in total. The van der Waals surface area contributed by atoms with Crippen molar-refractivity contribution in [1.29, 1.82) is 0 Å². The van der Waals surface area contributed by atoms with E-state index in [2.05, 4.69) is 26.8 Å². The van der Waals surface area contributed by atoms with E-state index in [-0.39, 0.29) is 11.5 Å². The largest absolute Gasteiger partial charge is 0.423 e. The van der Waals surface area contributed by atoms with Gasteiger partial charge in [0.1, 0.15) is 5.52 Å². The Kier molecular flexibility index (Phi) is 4.97. The van der Waals surface area contributed by atoms with E-state index in [0.29, 0.717) is 66.1 Å². The molecule has 6 rings (SSSR count). The number of carbonyl (C=O) groups is 1. The second-order valence-corrected chi connectivity index (χ2v) is 9.20. The number of rotatable bonds is 3. The van der Waals surface area contributed by atoms with E-state index >= 15 is 0 Å². The van der Waals surface area contributed by atoms with Gasteiger partial charge in [0.2, 0.25) is 5.95 Å². The van der Waals surface area contributed by atoms with Crippen LogP contribution in [-0.4, -0.2) is 65.0 Å². The first-order chi connectivity index (χ1) is 16.5. The molecule has 2 aliphatic rings. The molecule has 2 fully saturated rings. The zero-order valence-electron chi connectivity index (χ0n) is 19.0. The Labute approximate surface area is 196 Å². The lowest BCUT2D eigenvalue weighted by atomic mass is 10.1. The van der Waals surface area contributed by atoms with E-state index in [4.69, 9.17) is 4.42 Å². The Hall–Kier alpha value is -3.88. The fraction of sp³-hybridized carbons (Fsp3) is 0.360. The highest BCUT2D eigenvalue weighted by Gasteiger charge is 2.26. The molecule has 0 radical (unpaired) electrons. The lowest BCUT2D eigenvalue weighted by molar-refractivity contribution is 0.0746. The number of aromatic nitrogens is 3. The Bertz CT molecular complexity index is 1440. The van der Waals surface area contributed by atoms with E-state index in [1.54, 1.807) is 12.1 Å². The molecule has 1 atom stereocenters. The average Bonchev–Trinajstić information content (AvgIpc) is 3.49. The topological polar surface area (TPSA) is 98.6 Å². The number of carbonyl (C=O) groups excluding carboxylic acids is 1. The normalized spacial score (nSPS) is 18.9. The molecule has 0 aliphatic carbocycles. The summed E-state index contributed by atoms with van der Waals surface area (Å²) < 4.78 is 5.99. The number of piperazine rings is 1. The highest BCUT2D eigenvalue weighted by molar-refractivity contribution is 5.97. The van der Waals surface area contributed by atoms with E-state index < -0.39 is 0 Å². The molecule has 9 nitrogen and oxygen atoms in total. The highest BCUT2D eigenvalue weighted by Crippen LogP contribution is 2.27. The molecule has 4 heterocycles. The molecular weight excluding hydrogens is 432 g/mol. The Morgan fingerprint density at radius 1 is 1.00 bits per heavy atom. The summed E-state index contributed by atoms with van der Waals surface area (Å²) in [5.41, 5.74) is 2.51. The summed E-state index contributed by atoms with van der Waals surface area (Å²) >= 11 is 0. The number of para-hydroxylation sites is 1. The van der Waals surface area contributed by atoms with Gasteiger partial charge in [-0.1, -0.05) is 19.1 Å². The van der Waals surface area contributed by atoms with Crippen LogP contribution in [0.3, 0.4) is 0 Å². The van der Waals surface area contributed by atoms with E-state index in [0.717, 1.165) is 25.0 Å². The van der Waals surface area contributed by atoms with Gasteiger partial charge in [-0.25, -0.2) is 4.98 Å². The van der Waals surface area contributed by atoms with Crippen LogP contribution in [0.1, 0.15) is 23.7 Å².